The van der Waals surface area contributed by atoms with Gasteiger partial charge in [-0.05, 0) is 20.3 Å². The van der Waals surface area contributed by atoms with E-state index in [4.69, 9.17) is 0 Å². The monoisotopic (exact) mass is 278 g/mol. The maximum absolute atomic E-state index is 12.3. The Morgan fingerprint density at radius 3 is 2.35 bits per heavy atom. The lowest BCUT2D eigenvalue weighted by Crippen LogP contribution is -2.39. The molecule has 2 rings (SSSR count). The van der Waals surface area contributed by atoms with Crippen molar-refractivity contribution in [2.75, 3.05) is 0 Å². The molecule has 2 aromatic rings. The Kier molecular flexibility index (Phi) is 4.42. The van der Waals surface area contributed by atoms with E-state index in [0.717, 1.165) is 31.5 Å². The molecule has 2 heterocycles. The standard InChI is InChI=1S/C14H22N4O2/c1-4-7-8-9-10-15-11-12(16-10)17(5-2)14(20)18(6-3)13(11)19/h4-9H2,1-3H3,(H,15,16). The van der Waals surface area contributed by atoms with Crippen molar-refractivity contribution in [2.45, 2.75) is 59.5 Å². The average molecular weight is 278 g/mol. The molecule has 0 amide bonds. The summed E-state index contributed by atoms with van der Waals surface area (Å²) < 4.78 is 2.81. The molecule has 0 saturated carbocycles. The van der Waals surface area contributed by atoms with Gasteiger partial charge in [0.25, 0.3) is 5.56 Å². The van der Waals surface area contributed by atoms with Crippen molar-refractivity contribution in [3.63, 3.8) is 0 Å². The maximum Gasteiger partial charge on any atom is 0.332 e. The smallest absolute Gasteiger partial charge is 0.332 e. The van der Waals surface area contributed by atoms with Crippen LogP contribution in [-0.2, 0) is 19.5 Å². The van der Waals surface area contributed by atoms with Gasteiger partial charge < -0.3 is 4.98 Å². The number of hydrogen-bond donors (Lipinski definition) is 1. The molecule has 0 aliphatic rings. The molecule has 0 spiro atoms. The van der Waals surface area contributed by atoms with Crippen LogP contribution in [0.4, 0.5) is 0 Å². The second kappa shape index (κ2) is 6.07. The highest BCUT2D eigenvalue weighted by Gasteiger charge is 2.15. The first kappa shape index (κ1) is 14.6. The maximum atomic E-state index is 12.3. The van der Waals surface area contributed by atoms with Crippen LogP contribution < -0.4 is 11.2 Å². The summed E-state index contributed by atoms with van der Waals surface area (Å²) in [6.45, 7) is 6.71. The average Bonchev–Trinajstić information content (AvgIpc) is 2.84. The van der Waals surface area contributed by atoms with Crippen molar-refractivity contribution in [3.05, 3.63) is 26.7 Å². The van der Waals surface area contributed by atoms with Crippen molar-refractivity contribution in [1.29, 1.82) is 0 Å². The Labute approximate surface area is 117 Å². The van der Waals surface area contributed by atoms with Crippen LogP contribution in [0.15, 0.2) is 9.59 Å². The Balaban J connectivity index is 2.58. The minimum absolute atomic E-state index is 0.272. The zero-order valence-electron chi connectivity index (χ0n) is 12.4. The van der Waals surface area contributed by atoms with Crippen molar-refractivity contribution < 1.29 is 0 Å². The number of aromatic amines is 1. The predicted molar refractivity (Wildman–Crippen MR) is 79.2 cm³/mol. The molecule has 0 saturated heterocycles. The molecule has 2 aromatic heterocycles. The number of aromatic nitrogens is 4. The fourth-order valence-corrected chi connectivity index (χ4v) is 2.44. The van der Waals surface area contributed by atoms with E-state index >= 15 is 0 Å². The molecular weight excluding hydrogens is 256 g/mol. The van der Waals surface area contributed by atoms with E-state index in [9.17, 15) is 9.59 Å². The van der Waals surface area contributed by atoms with Crippen molar-refractivity contribution in [1.82, 2.24) is 19.1 Å². The molecule has 0 bridgehead atoms. The van der Waals surface area contributed by atoms with E-state index in [0.29, 0.717) is 24.3 Å². The van der Waals surface area contributed by atoms with Crippen LogP contribution in [0.3, 0.4) is 0 Å². The first-order chi connectivity index (χ1) is 9.63. The SMILES string of the molecule is CCCCCc1nc2c([nH]1)c(=O)n(CC)c(=O)n2CC. The molecular formula is C14H22N4O2. The topological polar surface area (TPSA) is 72.7 Å². The number of unbranched alkanes of at least 4 members (excludes halogenated alkanes) is 2. The van der Waals surface area contributed by atoms with Crippen molar-refractivity contribution >= 4 is 11.2 Å². The lowest BCUT2D eigenvalue weighted by Gasteiger charge is -2.06. The predicted octanol–water partition coefficient (Wildman–Crippen LogP) is 1.66. The third kappa shape index (κ3) is 2.42. The van der Waals surface area contributed by atoms with Crippen LogP contribution in [0.5, 0.6) is 0 Å². The van der Waals surface area contributed by atoms with Crippen molar-refractivity contribution in [3.8, 4) is 0 Å². The van der Waals surface area contributed by atoms with Gasteiger partial charge in [0, 0.05) is 19.5 Å². The normalized spacial score (nSPS) is 11.3. The molecule has 0 aliphatic carbocycles. The van der Waals surface area contributed by atoms with Gasteiger partial charge in [0.2, 0.25) is 0 Å². The number of nitrogens with zero attached hydrogens (tertiary/aromatic N) is 3. The summed E-state index contributed by atoms with van der Waals surface area (Å²) in [5.74, 6) is 0.793. The van der Waals surface area contributed by atoms with Gasteiger partial charge in [-0.3, -0.25) is 13.9 Å². The Bertz CT molecular complexity index is 708. The van der Waals surface area contributed by atoms with Gasteiger partial charge >= 0.3 is 5.69 Å². The van der Waals surface area contributed by atoms with Crippen LogP contribution in [0.2, 0.25) is 0 Å². The second-order valence-electron chi connectivity index (χ2n) is 4.92. The summed E-state index contributed by atoms with van der Waals surface area (Å²) in [6, 6.07) is 0. The number of H-pyrrole nitrogens is 1. The highest BCUT2D eigenvalue weighted by molar-refractivity contribution is 5.69. The van der Waals surface area contributed by atoms with Gasteiger partial charge in [-0.1, -0.05) is 19.8 Å². The molecule has 0 fully saturated rings. The van der Waals surface area contributed by atoms with Gasteiger partial charge in [0.15, 0.2) is 5.65 Å². The summed E-state index contributed by atoms with van der Waals surface area (Å²) in [5, 5.41) is 0. The van der Waals surface area contributed by atoms with Gasteiger partial charge in [-0.2, -0.15) is 0 Å². The summed E-state index contributed by atoms with van der Waals surface area (Å²) >= 11 is 0. The number of fused-ring (bicyclic) bond motifs is 1. The first-order valence-corrected chi connectivity index (χ1v) is 7.36. The van der Waals surface area contributed by atoms with E-state index in [1.807, 2.05) is 6.92 Å². The second-order valence-corrected chi connectivity index (χ2v) is 4.92. The van der Waals surface area contributed by atoms with E-state index in [-0.39, 0.29) is 11.2 Å². The summed E-state index contributed by atoms with van der Waals surface area (Å²) in [5.41, 5.74) is 0.379. The van der Waals surface area contributed by atoms with Crippen molar-refractivity contribution in [2.24, 2.45) is 0 Å². The third-order valence-electron chi connectivity index (χ3n) is 3.56. The lowest BCUT2D eigenvalue weighted by molar-refractivity contribution is 0.605. The van der Waals surface area contributed by atoms with Gasteiger partial charge in [-0.25, -0.2) is 9.78 Å². The Morgan fingerprint density at radius 2 is 1.75 bits per heavy atom. The zero-order chi connectivity index (χ0) is 14.7. The molecule has 0 radical (unpaired) electrons. The minimum atomic E-state index is -0.279. The number of aryl methyl sites for hydroxylation is 2. The molecule has 6 heteroatoms. The zero-order valence-corrected chi connectivity index (χ0v) is 12.4. The van der Waals surface area contributed by atoms with E-state index < -0.39 is 0 Å². The fourth-order valence-electron chi connectivity index (χ4n) is 2.44. The molecule has 110 valence electrons. The first-order valence-electron chi connectivity index (χ1n) is 7.36. The Hall–Kier alpha value is -1.85. The van der Waals surface area contributed by atoms with Crippen LogP contribution in [0, 0.1) is 0 Å². The van der Waals surface area contributed by atoms with Gasteiger partial charge in [0.05, 0.1) is 0 Å². The largest absolute Gasteiger partial charge is 0.336 e. The fraction of sp³-hybridized carbons (Fsp3) is 0.643. The van der Waals surface area contributed by atoms with Crippen LogP contribution in [0.1, 0.15) is 45.9 Å². The minimum Gasteiger partial charge on any atom is -0.336 e. The lowest BCUT2D eigenvalue weighted by atomic mass is 10.2. The number of nitrogens with one attached hydrogen (secondary N) is 1. The van der Waals surface area contributed by atoms with Gasteiger partial charge in [0.1, 0.15) is 11.3 Å². The molecule has 20 heavy (non-hydrogen) atoms. The Morgan fingerprint density at radius 1 is 1.05 bits per heavy atom. The van der Waals surface area contributed by atoms with E-state index in [1.54, 1.807) is 11.5 Å². The molecule has 0 unspecified atom stereocenters. The van der Waals surface area contributed by atoms with Crippen LogP contribution in [-0.4, -0.2) is 19.1 Å². The molecule has 6 nitrogen and oxygen atoms in total. The summed E-state index contributed by atoms with van der Waals surface area (Å²) in [6.07, 6.45) is 4.12. The highest BCUT2D eigenvalue weighted by Crippen LogP contribution is 2.09. The van der Waals surface area contributed by atoms with Gasteiger partial charge in [-0.15, -0.1) is 0 Å². The highest BCUT2D eigenvalue weighted by atomic mass is 16.2. The third-order valence-corrected chi connectivity index (χ3v) is 3.56. The molecule has 0 aromatic carbocycles. The molecule has 1 N–H and O–H groups in total. The molecule has 0 aliphatic heterocycles. The number of imidazole rings is 1. The van der Waals surface area contributed by atoms with E-state index in [1.165, 1.54) is 4.57 Å². The van der Waals surface area contributed by atoms with Crippen LogP contribution in [0.25, 0.3) is 11.2 Å². The number of rotatable bonds is 6. The van der Waals surface area contributed by atoms with E-state index in [2.05, 4.69) is 16.9 Å². The quantitative estimate of drug-likeness (QED) is 0.817. The number of hydrogen-bond acceptors (Lipinski definition) is 3. The summed E-state index contributed by atoms with van der Waals surface area (Å²) in [7, 11) is 0. The summed E-state index contributed by atoms with van der Waals surface area (Å²) in [4.78, 5) is 32.0. The molecule has 0 atom stereocenters. The van der Waals surface area contributed by atoms with Crippen LogP contribution >= 0.6 is 0 Å².